The lowest BCUT2D eigenvalue weighted by Crippen LogP contribution is -2.49. The molecule has 0 N–H and O–H groups in total. The van der Waals surface area contributed by atoms with Gasteiger partial charge in [-0.15, -0.1) is 0 Å². The Morgan fingerprint density at radius 1 is 1.00 bits per heavy atom. The van der Waals surface area contributed by atoms with Gasteiger partial charge in [0.1, 0.15) is 5.82 Å². The van der Waals surface area contributed by atoms with Crippen LogP contribution < -0.4 is 0 Å². The summed E-state index contributed by atoms with van der Waals surface area (Å²) in [4.78, 5) is 16.9. The Hall–Kier alpha value is -2.20. The molecule has 0 bridgehead atoms. The molecule has 1 heterocycles. The third-order valence-electron chi connectivity index (χ3n) is 5.22. The van der Waals surface area contributed by atoms with Crippen LogP contribution in [-0.2, 0) is 6.42 Å². The molecule has 3 nitrogen and oxygen atoms in total. The summed E-state index contributed by atoms with van der Waals surface area (Å²) < 4.78 is 13.6. The van der Waals surface area contributed by atoms with Crippen molar-refractivity contribution in [3.63, 3.8) is 0 Å². The van der Waals surface area contributed by atoms with Crippen molar-refractivity contribution in [2.24, 2.45) is 0 Å². The molecule has 1 unspecified atom stereocenters. The van der Waals surface area contributed by atoms with Crippen LogP contribution >= 0.6 is 0 Å². The number of aryl methyl sites for hydroxylation is 1. The Morgan fingerprint density at radius 2 is 1.75 bits per heavy atom. The van der Waals surface area contributed by atoms with E-state index in [0.717, 1.165) is 50.1 Å². The van der Waals surface area contributed by atoms with E-state index in [2.05, 4.69) is 4.90 Å². The predicted molar refractivity (Wildman–Crippen MR) is 91.4 cm³/mol. The number of carbonyl (C=O) groups is 1. The molecule has 1 aliphatic carbocycles. The van der Waals surface area contributed by atoms with Crippen molar-refractivity contribution >= 4 is 5.91 Å². The first-order valence-electron chi connectivity index (χ1n) is 8.59. The summed E-state index contributed by atoms with van der Waals surface area (Å²) in [6.07, 6.45) is 2.06. The molecular weight excluding hydrogens is 303 g/mol. The SMILES string of the molecule is O=C(c1ccccc1)N1CCN(C2CCc3ccc(F)cc32)CC1. The van der Waals surface area contributed by atoms with E-state index in [1.54, 1.807) is 12.1 Å². The van der Waals surface area contributed by atoms with E-state index in [1.807, 2.05) is 41.3 Å². The Balaban J connectivity index is 1.43. The van der Waals surface area contributed by atoms with Crippen LogP contribution in [0.1, 0.15) is 33.9 Å². The fourth-order valence-electron chi connectivity index (χ4n) is 3.93. The Labute approximate surface area is 141 Å². The summed E-state index contributed by atoms with van der Waals surface area (Å²) in [5.74, 6) is -0.0494. The second-order valence-corrected chi connectivity index (χ2v) is 6.59. The molecule has 4 heteroatoms. The fraction of sp³-hybridized carbons (Fsp3) is 0.350. The van der Waals surface area contributed by atoms with Gasteiger partial charge >= 0.3 is 0 Å². The summed E-state index contributed by atoms with van der Waals surface area (Å²) in [5.41, 5.74) is 3.15. The lowest BCUT2D eigenvalue weighted by Gasteiger charge is -2.38. The molecule has 0 aromatic heterocycles. The quantitative estimate of drug-likeness (QED) is 0.846. The molecule has 0 saturated carbocycles. The number of carbonyl (C=O) groups excluding carboxylic acids is 1. The van der Waals surface area contributed by atoms with Crippen LogP contribution in [-0.4, -0.2) is 41.9 Å². The molecule has 124 valence electrons. The maximum atomic E-state index is 13.6. The Morgan fingerprint density at radius 3 is 2.50 bits per heavy atom. The van der Waals surface area contributed by atoms with E-state index in [9.17, 15) is 9.18 Å². The van der Waals surface area contributed by atoms with Crippen molar-refractivity contribution in [2.45, 2.75) is 18.9 Å². The number of nitrogens with zero attached hydrogens (tertiary/aromatic N) is 2. The molecule has 1 aliphatic heterocycles. The molecule has 1 atom stereocenters. The second-order valence-electron chi connectivity index (χ2n) is 6.59. The largest absolute Gasteiger partial charge is 0.336 e. The molecule has 24 heavy (non-hydrogen) atoms. The van der Waals surface area contributed by atoms with E-state index >= 15 is 0 Å². The van der Waals surface area contributed by atoms with Crippen LogP contribution in [0.15, 0.2) is 48.5 Å². The van der Waals surface area contributed by atoms with Crippen LogP contribution in [0, 0.1) is 5.82 Å². The van der Waals surface area contributed by atoms with Gasteiger partial charge in [0, 0.05) is 37.8 Å². The van der Waals surface area contributed by atoms with Crippen LogP contribution in [0.2, 0.25) is 0 Å². The van der Waals surface area contributed by atoms with Gasteiger partial charge in [-0.25, -0.2) is 4.39 Å². The molecule has 2 aromatic carbocycles. The minimum absolute atomic E-state index is 0.105. The number of hydrogen-bond donors (Lipinski definition) is 0. The van der Waals surface area contributed by atoms with Crippen molar-refractivity contribution in [1.29, 1.82) is 0 Å². The topological polar surface area (TPSA) is 23.6 Å². The van der Waals surface area contributed by atoms with Gasteiger partial charge in [0.2, 0.25) is 0 Å². The van der Waals surface area contributed by atoms with Gasteiger partial charge in [-0.2, -0.15) is 0 Å². The normalized spacial score (nSPS) is 20.9. The standard InChI is InChI=1S/C20H21FN2O/c21-17-8-6-15-7-9-19(18(15)14-17)22-10-12-23(13-11-22)20(24)16-4-2-1-3-5-16/h1-6,8,14,19H,7,9-13H2. The summed E-state index contributed by atoms with van der Waals surface area (Å²) in [6, 6.07) is 14.9. The lowest BCUT2D eigenvalue weighted by atomic mass is 10.1. The van der Waals surface area contributed by atoms with Crippen LogP contribution in [0.25, 0.3) is 0 Å². The van der Waals surface area contributed by atoms with Crippen molar-refractivity contribution in [3.05, 3.63) is 71.0 Å². The van der Waals surface area contributed by atoms with E-state index in [0.29, 0.717) is 6.04 Å². The summed E-state index contributed by atoms with van der Waals surface area (Å²) in [5, 5.41) is 0. The average Bonchev–Trinajstić information content (AvgIpc) is 3.05. The third-order valence-corrected chi connectivity index (χ3v) is 5.22. The van der Waals surface area contributed by atoms with E-state index in [4.69, 9.17) is 0 Å². The lowest BCUT2D eigenvalue weighted by molar-refractivity contribution is 0.0568. The van der Waals surface area contributed by atoms with Crippen LogP contribution in [0.3, 0.4) is 0 Å². The molecule has 0 spiro atoms. The monoisotopic (exact) mass is 324 g/mol. The number of piperazine rings is 1. The van der Waals surface area contributed by atoms with E-state index in [1.165, 1.54) is 5.56 Å². The minimum atomic E-state index is -0.154. The zero-order chi connectivity index (χ0) is 16.5. The van der Waals surface area contributed by atoms with Gasteiger partial charge in [0.25, 0.3) is 5.91 Å². The average molecular weight is 324 g/mol. The number of benzene rings is 2. The molecule has 1 saturated heterocycles. The van der Waals surface area contributed by atoms with Gasteiger partial charge in [-0.1, -0.05) is 24.3 Å². The van der Waals surface area contributed by atoms with E-state index in [-0.39, 0.29) is 11.7 Å². The van der Waals surface area contributed by atoms with Crippen LogP contribution in [0.5, 0.6) is 0 Å². The zero-order valence-electron chi connectivity index (χ0n) is 13.6. The van der Waals surface area contributed by atoms with Gasteiger partial charge in [-0.05, 0) is 48.2 Å². The minimum Gasteiger partial charge on any atom is -0.336 e. The Kier molecular flexibility index (Phi) is 4.07. The number of halogens is 1. The summed E-state index contributed by atoms with van der Waals surface area (Å²) >= 11 is 0. The smallest absolute Gasteiger partial charge is 0.253 e. The van der Waals surface area contributed by atoms with Gasteiger partial charge in [0.05, 0.1) is 0 Å². The molecular formula is C20H21FN2O. The summed E-state index contributed by atoms with van der Waals surface area (Å²) in [7, 11) is 0. The predicted octanol–water partition coefficient (Wildman–Crippen LogP) is 3.27. The highest BCUT2D eigenvalue weighted by Gasteiger charge is 2.31. The van der Waals surface area contributed by atoms with Crippen LogP contribution in [0.4, 0.5) is 4.39 Å². The maximum Gasteiger partial charge on any atom is 0.253 e. The zero-order valence-corrected chi connectivity index (χ0v) is 13.6. The van der Waals surface area contributed by atoms with Crippen molar-refractivity contribution in [1.82, 2.24) is 9.80 Å². The first-order valence-corrected chi connectivity index (χ1v) is 8.59. The number of fused-ring (bicyclic) bond motifs is 1. The van der Waals surface area contributed by atoms with Crippen molar-refractivity contribution < 1.29 is 9.18 Å². The highest BCUT2D eigenvalue weighted by atomic mass is 19.1. The first kappa shape index (κ1) is 15.3. The molecule has 1 fully saturated rings. The fourth-order valence-corrected chi connectivity index (χ4v) is 3.93. The van der Waals surface area contributed by atoms with Gasteiger partial charge in [0.15, 0.2) is 0 Å². The highest BCUT2D eigenvalue weighted by molar-refractivity contribution is 5.94. The van der Waals surface area contributed by atoms with E-state index < -0.39 is 0 Å². The highest BCUT2D eigenvalue weighted by Crippen LogP contribution is 2.36. The molecule has 4 rings (SSSR count). The maximum absolute atomic E-state index is 13.6. The summed E-state index contributed by atoms with van der Waals surface area (Å²) in [6.45, 7) is 3.15. The van der Waals surface area contributed by atoms with Gasteiger partial charge in [-0.3, -0.25) is 9.69 Å². The van der Waals surface area contributed by atoms with Gasteiger partial charge < -0.3 is 4.90 Å². The first-order chi connectivity index (χ1) is 11.7. The molecule has 2 aromatic rings. The number of rotatable bonds is 2. The molecule has 1 amide bonds. The van der Waals surface area contributed by atoms with Crippen molar-refractivity contribution in [2.75, 3.05) is 26.2 Å². The van der Waals surface area contributed by atoms with Crippen molar-refractivity contribution in [3.8, 4) is 0 Å². The third kappa shape index (κ3) is 2.82. The molecule has 2 aliphatic rings. The Bertz CT molecular complexity index is 739. The molecule has 0 radical (unpaired) electrons. The number of hydrogen-bond acceptors (Lipinski definition) is 2. The second kappa shape index (κ2) is 6.36. The number of amides is 1.